The average molecular weight is 351 g/mol. The predicted octanol–water partition coefficient (Wildman–Crippen LogP) is 4.50. The molecule has 25 heavy (non-hydrogen) atoms. The molecule has 0 radical (unpaired) electrons. The molecule has 0 fully saturated rings. The van der Waals surface area contributed by atoms with Crippen LogP contribution in [0.25, 0.3) is 10.8 Å². The summed E-state index contributed by atoms with van der Waals surface area (Å²) < 4.78 is 5.31. The van der Waals surface area contributed by atoms with Crippen LogP contribution < -0.4 is 10.1 Å². The van der Waals surface area contributed by atoms with Crippen LogP contribution in [0.5, 0.6) is 5.75 Å². The molecule has 3 aromatic carbocycles. The standard InChI is InChI=1S/C20H17NO3S/c1-14(22)21-17-7-9-18(10-8-17)24-20(23)13-25-19-11-6-15-4-2-3-5-16(15)12-19/h2-12H,13H2,1H3,(H,21,22). The molecule has 126 valence electrons. The summed E-state index contributed by atoms with van der Waals surface area (Å²) in [7, 11) is 0. The zero-order valence-electron chi connectivity index (χ0n) is 13.7. The molecule has 0 heterocycles. The van der Waals surface area contributed by atoms with Crippen LogP contribution >= 0.6 is 11.8 Å². The normalized spacial score (nSPS) is 10.4. The number of esters is 1. The van der Waals surface area contributed by atoms with Crippen LogP contribution in [-0.4, -0.2) is 17.6 Å². The van der Waals surface area contributed by atoms with Gasteiger partial charge in [-0.25, -0.2) is 0 Å². The highest BCUT2D eigenvalue weighted by Gasteiger charge is 2.07. The van der Waals surface area contributed by atoms with E-state index in [4.69, 9.17) is 4.74 Å². The van der Waals surface area contributed by atoms with Gasteiger partial charge in [-0.15, -0.1) is 11.8 Å². The zero-order valence-corrected chi connectivity index (χ0v) is 14.5. The molecule has 0 saturated carbocycles. The van der Waals surface area contributed by atoms with Gasteiger partial charge in [0, 0.05) is 17.5 Å². The first kappa shape index (κ1) is 17.0. The highest BCUT2D eigenvalue weighted by Crippen LogP contribution is 2.24. The Morgan fingerprint density at radius 2 is 1.68 bits per heavy atom. The SMILES string of the molecule is CC(=O)Nc1ccc(OC(=O)CSc2ccc3ccccc3c2)cc1. The lowest BCUT2D eigenvalue weighted by atomic mass is 10.1. The van der Waals surface area contributed by atoms with Gasteiger partial charge in [0.15, 0.2) is 0 Å². The quantitative estimate of drug-likeness (QED) is 0.418. The minimum atomic E-state index is -0.314. The van der Waals surface area contributed by atoms with Crippen molar-refractivity contribution >= 4 is 40.1 Å². The van der Waals surface area contributed by atoms with Gasteiger partial charge >= 0.3 is 5.97 Å². The fourth-order valence-electron chi connectivity index (χ4n) is 2.37. The number of fused-ring (bicyclic) bond motifs is 1. The molecule has 0 aromatic heterocycles. The summed E-state index contributed by atoms with van der Waals surface area (Å²) in [5.41, 5.74) is 0.665. The second-order valence-electron chi connectivity index (χ2n) is 5.48. The van der Waals surface area contributed by atoms with E-state index in [1.165, 1.54) is 24.1 Å². The van der Waals surface area contributed by atoms with Crippen LogP contribution in [0, 0.1) is 0 Å². The maximum atomic E-state index is 12.0. The van der Waals surface area contributed by atoms with Crippen LogP contribution in [0.1, 0.15) is 6.92 Å². The lowest BCUT2D eigenvalue weighted by molar-refractivity contribution is -0.131. The van der Waals surface area contributed by atoms with Gasteiger partial charge in [0.1, 0.15) is 5.75 Å². The van der Waals surface area contributed by atoms with Crippen molar-refractivity contribution < 1.29 is 14.3 Å². The monoisotopic (exact) mass is 351 g/mol. The molecule has 0 aliphatic heterocycles. The van der Waals surface area contributed by atoms with Crippen molar-refractivity contribution in [2.24, 2.45) is 0 Å². The van der Waals surface area contributed by atoms with Gasteiger partial charge in [0.05, 0.1) is 5.75 Å². The first-order valence-corrected chi connectivity index (χ1v) is 8.79. The second-order valence-corrected chi connectivity index (χ2v) is 6.53. The number of carbonyl (C=O) groups excluding carboxylic acids is 2. The Kier molecular flexibility index (Phi) is 5.36. The topological polar surface area (TPSA) is 55.4 Å². The molecular formula is C20H17NO3S. The summed E-state index contributed by atoms with van der Waals surface area (Å²) in [6, 6.07) is 20.9. The maximum absolute atomic E-state index is 12.0. The number of carbonyl (C=O) groups is 2. The number of benzene rings is 3. The second kappa shape index (κ2) is 7.85. The zero-order chi connectivity index (χ0) is 17.6. The number of nitrogens with one attached hydrogen (secondary N) is 1. The Bertz CT molecular complexity index is 906. The number of thioether (sulfide) groups is 1. The highest BCUT2D eigenvalue weighted by molar-refractivity contribution is 8.00. The molecule has 0 bridgehead atoms. The van der Waals surface area contributed by atoms with Gasteiger partial charge in [-0.2, -0.15) is 0 Å². The van der Waals surface area contributed by atoms with E-state index in [0.717, 1.165) is 10.3 Å². The van der Waals surface area contributed by atoms with Crippen molar-refractivity contribution in [3.05, 3.63) is 66.7 Å². The van der Waals surface area contributed by atoms with Gasteiger partial charge < -0.3 is 10.1 Å². The van der Waals surface area contributed by atoms with E-state index < -0.39 is 0 Å². The Morgan fingerprint density at radius 1 is 0.960 bits per heavy atom. The first-order chi connectivity index (χ1) is 12.1. The highest BCUT2D eigenvalue weighted by atomic mass is 32.2. The van der Waals surface area contributed by atoms with Gasteiger partial charge in [0.25, 0.3) is 0 Å². The molecule has 1 amide bonds. The van der Waals surface area contributed by atoms with Crippen molar-refractivity contribution in [3.8, 4) is 5.75 Å². The third kappa shape index (κ3) is 4.84. The smallest absolute Gasteiger partial charge is 0.321 e. The van der Waals surface area contributed by atoms with Crippen molar-refractivity contribution in [3.63, 3.8) is 0 Å². The number of hydrogen-bond acceptors (Lipinski definition) is 4. The molecule has 0 aliphatic rings. The largest absolute Gasteiger partial charge is 0.426 e. The van der Waals surface area contributed by atoms with Crippen molar-refractivity contribution in [1.82, 2.24) is 0 Å². The molecule has 1 N–H and O–H groups in total. The summed E-state index contributed by atoms with van der Waals surface area (Å²) in [5.74, 6) is 0.228. The molecule has 3 aromatic rings. The number of hydrogen-bond donors (Lipinski definition) is 1. The van der Waals surface area contributed by atoms with E-state index in [9.17, 15) is 9.59 Å². The van der Waals surface area contributed by atoms with E-state index in [-0.39, 0.29) is 17.6 Å². The molecule has 0 aliphatic carbocycles. The summed E-state index contributed by atoms with van der Waals surface area (Å²) in [5, 5.41) is 4.99. The first-order valence-electron chi connectivity index (χ1n) is 7.80. The fraction of sp³-hybridized carbons (Fsp3) is 0.100. The Morgan fingerprint density at radius 3 is 2.40 bits per heavy atom. The number of anilines is 1. The maximum Gasteiger partial charge on any atom is 0.321 e. The van der Waals surface area contributed by atoms with Crippen LogP contribution in [0.2, 0.25) is 0 Å². The summed E-state index contributed by atoms with van der Waals surface area (Å²) in [4.78, 5) is 24.0. The minimum Gasteiger partial charge on any atom is -0.426 e. The number of ether oxygens (including phenoxy) is 1. The third-order valence-corrected chi connectivity index (χ3v) is 4.45. The van der Waals surface area contributed by atoms with Gasteiger partial charge in [-0.3, -0.25) is 9.59 Å². The summed E-state index contributed by atoms with van der Waals surface area (Å²) in [6.45, 7) is 1.44. The van der Waals surface area contributed by atoms with E-state index in [1.54, 1.807) is 24.3 Å². The Balaban J connectivity index is 1.55. The number of amides is 1. The van der Waals surface area contributed by atoms with Crippen LogP contribution in [0.15, 0.2) is 71.6 Å². The van der Waals surface area contributed by atoms with E-state index in [1.807, 2.05) is 30.3 Å². The van der Waals surface area contributed by atoms with Gasteiger partial charge in [0.2, 0.25) is 5.91 Å². The van der Waals surface area contributed by atoms with E-state index in [0.29, 0.717) is 11.4 Å². The average Bonchev–Trinajstić information content (AvgIpc) is 2.61. The predicted molar refractivity (Wildman–Crippen MR) is 101 cm³/mol. The van der Waals surface area contributed by atoms with Crippen LogP contribution in [0.3, 0.4) is 0 Å². The van der Waals surface area contributed by atoms with Crippen molar-refractivity contribution in [2.45, 2.75) is 11.8 Å². The summed E-state index contributed by atoms with van der Waals surface area (Å²) in [6.07, 6.45) is 0. The Hall–Kier alpha value is -2.79. The summed E-state index contributed by atoms with van der Waals surface area (Å²) >= 11 is 1.44. The number of rotatable bonds is 5. The van der Waals surface area contributed by atoms with Crippen LogP contribution in [0.4, 0.5) is 5.69 Å². The molecule has 5 heteroatoms. The fourth-order valence-corrected chi connectivity index (χ4v) is 3.09. The van der Waals surface area contributed by atoms with Crippen molar-refractivity contribution in [2.75, 3.05) is 11.1 Å². The molecule has 0 atom stereocenters. The molecule has 3 rings (SSSR count). The molecule has 0 saturated heterocycles. The van der Waals surface area contributed by atoms with E-state index in [2.05, 4.69) is 17.4 Å². The van der Waals surface area contributed by atoms with Crippen molar-refractivity contribution in [1.29, 1.82) is 0 Å². The molecule has 0 spiro atoms. The minimum absolute atomic E-state index is 0.142. The third-order valence-electron chi connectivity index (χ3n) is 3.48. The van der Waals surface area contributed by atoms with E-state index >= 15 is 0 Å². The van der Waals surface area contributed by atoms with Gasteiger partial charge in [-0.1, -0.05) is 30.3 Å². The molecule has 4 nitrogen and oxygen atoms in total. The lowest BCUT2D eigenvalue weighted by Gasteiger charge is -2.07. The lowest BCUT2D eigenvalue weighted by Crippen LogP contribution is -2.11. The molecular weight excluding hydrogens is 334 g/mol. The van der Waals surface area contributed by atoms with Gasteiger partial charge in [-0.05, 0) is 47.2 Å². The Labute approximate surface area is 150 Å². The molecule has 0 unspecified atom stereocenters. The van der Waals surface area contributed by atoms with Crippen LogP contribution in [-0.2, 0) is 9.59 Å².